The minimum absolute atomic E-state index is 0.118. The van der Waals surface area contributed by atoms with Gasteiger partial charge in [-0.1, -0.05) is 23.7 Å². The smallest absolute Gasteiger partial charge is 0.225 e. The van der Waals surface area contributed by atoms with Crippen molar-refractivity contribution in [1.29, 1.82) is 0 Å². The number of amides is 1. The summed E-state index contributed by atoms with van der Waals surface area (Å²) in [4.78, 5) is 13.3. The van der Waals surface area contributed by atoms with E-state index in [-0.39, 0.29) is 11.8 Å². The van der Waals surface area contributed by atoms with Gasteiger partial charge in [-0.3, -0.25) is 4.79 Å². The molecule has 0 spiro atoms. The average Bonchev–Trinajstić information content (AvgIpc) is 3.06. The second-order valence-corrected chi connectivity index (χ2v) is 7.21. The highest BCUT2D eigenvalue weighted by Crippen LogP contribution is 2.44. The molecule has 1 N–H and O–H groups in total. The first-order valence-electron chi connectivity index (χ1n) is 6.92. The third-order valence-corrected chi connectivity index (χ3v) is 5.63. The summed E-state index contributed by atoms with van der Waals surface area (Å²) < 4.78 is 0.786. The van der Waals surface area contributed by atoms with Crippen LogP contribution in [0.2, 0.25) is 4.34 Å². The van der Waals surface area contributed by atoms with Crippen molar-refractivity contribution < 1.29 is 4.79 Å². The lowest BCUT2D eigenvalue weighted by Crippen LogP contribution is -2.24. The molecule has 0 radical (unpaired) electrons. The van der Waals surface area contributed by atoms with Crippen LogP contribution in [0.3, 0.4) is 0 Å². The Labute approximate surface area is 126 Å². The number of fused-ring (bicyclic) bond motifs is 3. The minimum atomic E-state index is 0.118. The molecule has 20 heavy (non-hydrogen) atoms. The molecule has 1 aromatic carbocycles. The molecule has 4 heteroatoms. The van der Waals surface area contributed by atoms with E-state index in [1.54, 1.807) is 11.3 Å². The fourth-order valence-electron chi connectivity index (χ4n) is 3.38. The third kappa shape index (κ3) is 1.88. The predicted molar refractivity (Wildman–Crippen MR) is 82.9 cm³/mol. The number of thiophene rings is 1. The zero-order chi connectivity index (χ0) is 13.7. The lowest BCUT2D eigenvalue weighted by Gasteiger charge is -2.27. The Bertz CT molecular complexity index is 706. The van der Waals surface area contributed by atoms with E-state index in [1.807, 2.05) is 12.1 Å². The molecule has 1 unspecified atom stereocenters. The van der Waals surface area contributed by atoms with Crippen LogP contribution in [0.5, 0.6) is 0 Å². The van der Waals surface area contributed by atoms with Crippen molar-refractivity contribution in [1.82, 2.24) is 0 Å². The molecule has 0 saturated heterocycles. The average molecular weight is 304 g/mol. The number of anilines is 1. The molecule has 2 aromatic rings. The van der Waals surface area contributed by atoms with E-state index in [0.717, 1.165) is 22.9 Å². The molecule has 1 aliphatic heterocycles. The summed E-state index contributed by atoms with van der Waals surface area (Å²) in [5.74, 6) is 0.273. The van der Waals surface area contributed by atoms with E-state index in [0.29, 0.717) is 6.42 Å². The van der Waals surface area contributed by atoms with E-state index < -0.39 is 0 Å². The normalized spacial score (nSPS) is 20.4. The van der Waals surface area contributed by atoms with E-state index in [4.69, 9.17) is 11.6 Å². The summed E-state index contributed by atoms with van der Waals surface area (Å²) in [7, 11) is 0. The van der Waals surface area contributed by atoms with Crippen molar-refractivity contribution in [3.05, 3.63) is 50.2 Å². The quantitative estimate of drug-likeness (QED) is 0.833. The van der Waals surface area contributed by atoms with Crippen molar-refractivity contribution >= 4 is 34.5 Å². The molecule has 1 atom stereocenters. The van der Waals surface area contributed by atoms with Crippen LogP contribution in [-0.4, -0.2) is 5.91 Å². The number of rotatable bonds is 1. The maximum atomic E-state index is 12.1. The summed E-state index contributed by atoms with van der Waals surface area (Å²) in [6.07, 6.45) is 3.92. The Balaban J connectivity index is 1.87. The van der Waals surface area contributed by atoms with Crippen LogP contribution in [0.25, 0.3) is 0 Å². The molecule has 0 bridgehead atoms. The van der Waals surface area contributed by atoms with Gasteiger partial charge in [0, 0.05) is 22.9 Å². The van der Waals surface area contributed by atoms with Gasteiger partial charge >= 0.3 is 0 Å². The molecule has 0 fully saturated rings. The van der Waals surface area contributed by atoms with Crippen LogP contribution in [0.1, 0.15) is 40.3 Å². The van der Waals surface area contributed by atoms with Crippen LogP contribution in [0.15, 0.2) is 24.3 Å². The Hall–Kier alpha value is -1.32. The molecule has 0 saturated carbocycles. The first-order valence-corrected chi connectivity index (χ1v) is 8.11. The molecule has 4 rings (SSSR count). The molecule has 1 amide bonds. The molecule has 2 nitrogen and oxygen atoms in total. The summed E-state index contributed by atoms with van der Waals surface area (Å²) in [5.41, 5.74) is 5.08. The second-order valence-electron chi connectivity index (χ2n) is 5.47. The van der Waals surface area contributed by atoms with Gasteiger partial charge in [0.2, 0.25) is 5.91 Å². The molecule has 1 aromatic heterocycles. The number of halogens is 1. The van der Waals surface area contributed by atoms with Crippen molar-refractivity contribution in [3.8, 4) is 0 Å². The van der Waals surface area contributed by atoms with E-state index in [9.17, 15) is 4.79 Å². The standard InChI is InChI=1S/C16H14ClNOS/c17-14-7-6-13(20-14)12-8-15(19)18-16-10-3-1-2-9(10)4-5-11(12)16/h4-7,12H,1-3,8H2,(H,18,19). The summed E-state index contributed by atoms with van der Waals surface area (Å²) in [6, 6.07) is 8.40. The zero-order valence-electron chi connectivity index (χ0n) is 10.9. The number of carbonyl (C=O) groups is 1. The van der Waals surface area contributed by atoms with Gasteiger partial charge in [0.1, 0.15) is 0 Å². The Morgan fingerprint density at radius 2 is 2.10 bits per heavy atom. The van der Waals surface area contributed by atoms with Gasteiger partial charge in [-0.05, 0) is 48.1 Å². The van der Waals surface area contributed by atoms with Crippen LogP contribution >= 0.6 is 22.9 Å². The monoisotopic (exact) mass is 303 g/mol. The fraction of sp³-hybridized carbons (Fsp3) is 0.312. The zero-order valence-corrected chi connectivity index (χ0v) is 12.5. The topological polar surface area (TPSA) is 29.1 Å². The van der Waals surface area contributed by atoms with E-state index in [1.165, 1.54) is 28.0 Å². The van der Waals surface area contributed by atoms with Crippen LogP contribution in [0.4, 0.5) is 5.69 Å². The van der Waals surface area contributed by atoms with Gasteiger partial charge in [0.05, 0.1) is 4.34 Å². The molecule has 1 aliphatic carbocycles. The Morgan fingerprint density at radius 1 is 1.20 bits per heavy atom. The number of hydrogen-bond acceptors (Lipinski definition) is 2. The highest BCUT2D eigenvalue weighted by molar-refractivity contribution is 7.16. The predicted octanol–water partition coefficient (Wildman–Crippen LogP) is 4.36. The molecular formula is C16H14ClNOS. The fourth-order valence-corrected chi connectivity index (χ4v) is 4.56. The third-order valence-electron chi connectivity index (χ3n) is 4.28. The highest BCUT2D eigenvalue weighted by Gasteiger charge is 2.30. The molecule has 102 valence electrons. The van der Waals surface area contributed by atoms with Crippen molar-refractivity contribution in [2.24, 2.45) is 0 Å². The van der Waals surface area contributed by atoms with Gasteiger partial charge in [0.15, 0.2) is 0 Å². The largest absolute Gasteiger partial charge is 0.326 e. The maximum Gasteiger partial charge on any atom is 0.225 e. The van der Waals surface area contributed by atoms with Gasteiger partial charge in [0.25, 0.3) is 0 Å². The number of aryl methyl sites for hydroxylation is 1. The number of carbonyl (C=O) groups excluding carboxylic acids is 1. The van der Waals surface area contributed by atoms with E-state index in [2.05, 4.69) is 17.4 Å². The van der Waals surface area contributed by atoms with Gasteiger partial charge in [-0.15, -0.1) is 11.3 Å². The number of benzene rings is 1. The summed E-state index contributed by atoms with van der Waals surface area (Å²) in [5, 5.41) is 3.10. The van der Waals surface area contributed by atoms with Crippen molar-refractivity contribution in [2.75, 3.05) is 5.32 Å². The first kappa shape index (κ1) is 12.4. The Morgan fingerprint density at radius 3 is 2.90 bits per heavy atom. The first-order chi connectivity index (χ1) is 9.72. The molecule has 2 aliphatic rings. The van der Waals surface area contributed by atoms with Gasteiger partial charge in [-0.25, -0.2) is 0 Å². The Kier molecular flexibility index (Phi) is 2.86. The van der Waals surface area contributed by atoms with E-state index >= 15 is 0 Å². The maximum absolute atomic E-state index is 12.1. The van der Waals surface area contributed by atoms with Crippen LogP contribution in [-0.2, 0) is 17.6 Å². The number of hydrogen-bond donors (Lipinski definition) is 1. The molecular weight excluding hydrogens is 290 g/mol. The van der Waals surface area contributed by atoms with Gasteiger partial charge < -0.3 is 5.32 Å². The second kappa shape index (κ2) is 4.61. The van der Waals surface area contributed by atoms with Crippen LogP contribution < -0.4 is 5.32 Å². The van der Waals surface area contributed by atoms with Crippen molar-refractivity contribution in [3.63, 3.8) is 0 Å². The van der Waals surface area contributed by atoms with Crippen molar-refractivity contribution in [2.45, 2.75) is 31.6 Å². The summed E-state index contributed by atoms with van der Waals surface area (Å²) >= 11 is 7.63. The lowest BCUT2D eigenvalue weighted by molar-refractivity contribution is -0.116. The van der Waals surface area contributed by atoms with Gasteiger partial charge in [-0.2, -0.15) is 0 Å². The highest BCUT2D eigenvalue weighted by atomic mass is 35.5. The SMILES string of the molecule is O=C1CC(c2ccc(Cl)s2)c2ccc3c(c2N1)CCC3. The minimum Gasteiger partial charge on any atom is -0.326 e. The number of nitrogens with one attached hydrogen (secondary N) is 1. The molecule has 2 heterocycles. The summed E-state index contributed by atoms with van der Waals surface area (Å²) in [6.45, 7) is 0. The lowest BCUT2D eigenvalue weighted by atomic mass is 9.86. The van der Waals surface area contributed by atoms with Crippen LogP contribution in [0, 0.1) is 0 Å².